The van der Waals surface area contributed by atoms with Crippen molar-refractivity contribution >= 4 is 34.8 Å². The highest BCUT2D eigenvalue weighted by Gasteiger charge is 2.18. The molecule has 0 heterocycles. The summed E-state index contributed by atoms with van der Waals surface area (Å²) in [5.74, 6) is -0.462. The third kappa shape index (κ3) is 4.36. The van der Waals surface area contributed by atoms with E-state index in [-0.39, 0.29) is 17.7 Å². The minimum absolute atomic E-state index is 0.0503. The van der Waals surface area contributed by atoms with Crippen LogP contribution in [0.15, 0.2) is 18.2 Å². The fourth-order valence-corrected chi connectivity index (χ4v) is 2.12. The molecule has 0 bridgehead atoms. The first-order valence-corrected chi connectivity index (χ1v) is 7.44. The van der Waals surface area contributed by atoms with Crippen LogP contribution in [0.2, 0.25) is 0 Å². The molecule has 116 valence electrons. The van der Waals surface area contributed by atoms with Gasteiger partial charge in [0.25, 0.3) is 5.91 Å². The molecule has 0 aliphatic rings. The first kappa shape index (κ1) is 17.3. The molecule has 0 atom stereocenters. The van der Waals surface area contributed by atoms with Gasteiger partial charge >= 0.3 is 0 Å². The molecule has 5 nitrogen and oxygen atoms in total. The molecular formula is C15H22ClN3O2. The van der Waals surface area contributed by atoms with Gasteiger partial charge in [0.05, 0.1) is 5.56 Å². The van der Waals surface area contributed by atoms with Gasteiger partial charge in [0.1, 0.15) is 5.88 Å². The summed E-state index contributed by atoms with van der Waals surface area (Å²) < 4.78 is 0. The molecule has 1 N–H and O–H groups in total. The number of alkyl halides is 1. The summed E-state index contributed by atoms with van der Waals surface area (Å²) in [6, 6.07) is 5.28. The van der Waals surface area contributed by atoms with Crippen molar-refractivity contribution in [3.8, 4) is 0 Å². The molecular weight excluding hydrogens is 290 g/mol. The third-order valence-electron chi connectivity index (χ3n) is 3.16. The van der Waals surface area contributed by atoms with Gasteiger partial charge in [-0.1, -0.05) is 0 Å². The molecule has 0 radical (unpaired) electrons. The van der Waals surface area contributed by atoms with Crippen LogP contribution in [0.3, 0.4) is 0 Å². The quantitative estimate of drug-likeness (QED) is 0.821. The molecule has 0 spiro atoms. The first-order valence-electron chi connectivity index (χ1n) is 6.91. The molecule has 0 saturated heterocycles. The Balaban J connectivity index is 3.21. The van der Waals surface area contributed by atoms with E-state index in [1.54, 1.807) is 17.0 Å². The molecule has 1 aromatic rings. The number of nitrogens with zero attached hydrogens (tertiary/aromatic N) is 2. The van der Waals surface area contributed by atoms with E-state index < -0.39 is 0 Å². The minimum atomic E-state index is -0.296. The lowest BCUT2D eigenvalue weighted by atomic mass is 10.1. The summed E-state index contributed by atoms with van der Waals surface area (Å²) in [4.78, 5) is 27.6. The van der Waals surface area contributed by atoms with Crippen LogP contribution in [0.1, 0.15) is 24.2 Å². The second kappa shape index (κ2) is 7.88. The summed E-state index contributed by atoms with van der Waals surface area (Å²) in [5, 5.41) is 2.67. The number of amides is 2. The number of hydrogen-bond donors (Lipinski definition) is 1. The fraction of sp³-hybridized carbons (Fsp3) is 0.467. The Hall–Kier alpha value is -1.75. The number of benzene rings is 1. The Bertz CT molecular complexity index is 514. The van der Waals surface area contributed by atoms with E-state index in [1.165, 1.54) is 0 Å². The largest absolute Gasteiger partial charge is 0.377 e. The third-order valence-corrected chi connectivity index (χ3v) is 3.41. The van der Waals surface area contributed by atoms with E-state index >= 15 is 0 Å². The minimum Gasteiger partial charge on any atom is -0.377 e. The highest BCUT2D eigenvalue weighted by Crippen LogP contribution is 2.24. The number of carbonyl (C=O) groups excluding carboxylic acids is 2. The number of rotatable bonds is 6. The van der Waals surface area contributed by atoms with Crippen molar-refractivity contribution in [3.05, 3.63) is 23.8 Å². The second-order valence-electron chi connectivity index (χ2n) is 4.79. The number of anilines is 2. The maximum Gasteiger partial charge on any atom is 0.256 e. The second-order valence-corrected chi connectivity index (χ2v) is 5.05. The Morgan fingerprint density at radius 2 is 1.81 bits per heavy atom. The normalized spacial score (nSPS) is 10.1. The zero-order valence-corrected chi connectivity index (χ0v) is 13.7. The van der Waals surface area contributed by atoms with E-state index in [9.17, 15) is 9.59 Å². The Kier molecular flexibility index (Phi) is 6.49. The molecule has 0 aromatic heterocycles. The molecule has 21 heavy (non-hydrogen) atoms. The van der Waals surface area contributed by atoms with Crippen LogP contribution in [-0.2, 0) is 4.79 Å². The predicted molar refractivity (Wildman–Crippen MR) is 87.4 cm³/mol. The molecule has 2 amide bonds. The molecule has 1 rings (SSSR count). The van der Waals surface area contributed by atoms with Gasteiger partial charge in [-0.15, -0.1) is 11.6 Å². The maximum atomic E-state index is 12.6. The highest BCUT2D eigenvalue weighted by molar-refractivity contribution is 6.29. The molecule has 0 unspecified atom stereocenters. The number of carbonyl (C=O) groups is 2. The fourth-order valence-electron chi connectivity index (χ4n) is 2.05. The van der Waals surface area contributed by atoms with Gasteiger partial charge in [-0.25, -0.2) is 0 Å². The lowest BCUT2D eigenvalue weighted by Crippen LogP contribution is -2.31. The Labute approximate surface area is 130 Å². The van der Waals surface area contributed by atoms with Crippen LogP contribution in [0.5, 0.6) is 0 Å². The molecule has 6 heteroatoms. The van der Waals surface area contributed by atoms with Crippen molar-refractivity contribution in [3.63, 3.8) is 0 Å². The molecule has 0 saturated carbocycles. The van der Waals surface area contributed by atoms with Gasteiger partial charge in [-0.3, -0.25) is 9.59 Å². The van der Waals surface area contributed by atoms with Gasteiger partial charge in [-0.05, 0) is 32.0 Å². The van der Waals surface area contributed by atoms with Crippen LogP contribution in [0.25, 0.3) is 0 Å². The van der Waals surface area contributed by atoms with Crippen LogP contribution in [-0.4, -0.2) is 49.8 Å². The maximum absolute atomic E-state index is 12.6. The Morgan fingerprint density at radius 1 is 1.19 bits per heavy atom. The predicted octanol–water partition coefficient (Wildman–Crippen LogP) is 2.41. The van der Waals surface area contributed by atoms with Crippen LogP contribution >= 0.6 is 11.6 Å². The van der Waals surface area contributed by atoms with Crippen molar-refractivity contribution in [1.82, 2.24) is 4.90 Å². The average Bonchev–Trinajstić information content (AvgIpc) is 2.47. The lowest BCUT2D eigenvalue weighted by molar-refractivity contribution is -0.113. The van der Waals surface area contributed by atoms with E-state index in [0.29, 0.717) is 24.3 Å². The summed E-state index contributed by atoms with van der Waals surface area (Å²) in [6.45, 7) is 5.16. The van der Waals surface area contributed by atoms with Crippen molar-refractivity contribution in [2.24, 2.45) is 0 Å². The number of nitrogens with one attached hydrogen (secondary N) is 1. The summed E-state index contributed by atoms with van der Waals surface area (Å²) >= 11 is 5.49. The smallest absolute Gasteiger partial charge is 0.256 e. The monoisotopic (exact) mass is 311 g/mol. The van der Waals surface area contributed by atoms with Crippen molar-refractivity contribution in [2.45, 2.75) is 13.8 Å². The zero-order valence-electron chi connectivity index (χ0n) is 12.9. The van der Waals surface area contributed by atoms with Crippen LogP contribution < -0.4 is 10.2 Å². The van der Waals surface area contributed by atoms with Gasteiger partial charge in [0.15, 0.2) is 0 Å². The van der Waals surface area contributed by atoms with E-state index in [4.69, 9.17) is 11.6 Å². The molecule has 0 fully saturated rings. The zero-order chi connectivity index (χ0) is 16.0. The van der Waals surface area contributed by atoms with Gasteiger partial charge in [0, 0.05) is 38.6 Å². The van der Waals surface area contributed by atoms with Crippen molar-refractivity contribution in [1.29, 1.82) is 0 Å². The standard InChI is InChI=1S/C15H22ClN3O2/c1-5-19(6-2)15(21)12-9-11(17-14(20)10-16)7-8-13(12)18(3)4/h7-9H,5-6,10H2,1-4H3,(H,17,20). The van der Waals surface area contributed by atoms with Gasteiger partial charge < -0.3 is 15.1 Å². The van der Waals surface area contributed by atoms with Crippen LogP contribution in [0.4, 0.5) is 11.4 Å². The Morgan fingerprint density at radius 3 is 2.29 bits per heavy atom. The molecule has 0 aliphatic carbocycles. The SMILES string of the molecule is CCN(CC)C(=O)c1cc(NC(=O)CCl)ccc1N(C)C. The summed E-state index contributed by atoms with van der Waals surface area (Å²) in [7, 11) is 3.76. The van der Waals surface area contributed by atoms with Gasteiger partial charge in [-0.2, -0.15) is 0 Å². The summed E-state index contributed by atoms with van der Waals surface area (Å²) in [5.41, 5.74) is 1.95. The number of halogens is 1. The van der Waals surface area contributed by atoms with Gasteiger partial charge in [0.2, 0.25) is 5.91 Å². The van der Waals surface area contributed by atoms with Crippen molar-refractivity contribution in [2.75, 3.05) is 43.3 Å². The lowest BCUT2D eigenvalue weighted by Gasteiger charge is -2.23. The topological polar surface area (TPSA) is 52.7 Å². The molecule has 0 aliphatic heterocycles. The van der Waals surface area contributed by atoms with E-state index in [2.05, 4.69) is 5.32 Å². The van der Waals surface area contributed by atoms with E-state index in [1.807, 2.05) is 38.9 Å². The first-order chi connectivity index (χ1) is 9.94. The van der Waals surface area contributed by atoms with E-state index in [0.717, 1.165) is 5.69 Å². The van der Waals surface area contributed by atoms with Crippen LogP contribution in [0, 0.1) is 0 Å². The highest BCUT2D eigenvalue weighted by atomic mass is 35.5. The molecule has 1 aromatic carbocycles. The summed E-state index contributed by atoms with van der Waals surface area (Å²) in [6.07, 6.45) is 0. The van der Waals surface area contributed by atoms with Crippen molar-refractivity contribution < 1.29 is 9.59 Å². The number of hydrogen-bond acceptors (Lipinski definition) is 3. The average molecular weight is 312 g/mol.